The van der Waals surface area contributed by atoms with Gasteiger partial charge in [-0.25, -0.2) is 0 Å². The van der Waals surface area contributed by atoms with Gasteiger partial charge in [0.1, 0.15) is 5.60 Å². The highest BCUT2D eigenvalue weighted by atomic mass is 127. The van der Waals surface area contributed by atoms with E-state index in [-0.39, 0.29) is 35.5 Å². The first-order valence-electron chi connectivity index (χ1n) is 10.1. The SMILES string of the molecule is CCNC(=NCCCn1cccn1)NCCCCCCC(=O)OC(C)(C)C.I. The van der Waals surface area contributed by atoms with Crippen molar-refractivity contribution in [3.8, 4) is 0 Å². The Balaban J connectivity index is 0.00000729. The number of halogens is 1. The highest BCUT2D eigenvalue weighted by Crippen LogP contribution is 2.10. The van der Waals surface area contributed by atoms with Gasteiger partial charge in [0.25, 0.3) is 0 Å². The quantitative estimate of drug-likeness (QED) is 0.148. The fraction of sp³-hybridized carbons (Fsp3) is 0.750. The summed E-state index contributed by atoms with van der Waals surface area (Å²) in [6.07, 6.45) is 9.31. The van der Waals surface area contributed by atoms with Crippen molar-refractivity contribution in [3.63, 3.8) is 0 Å². The van der Waals surface area contributed by atoms with Gasteiger partial charge >= 0.3 is 5.97 Å². The van der Waals surface area contributed by atoms with Crippen molar-refractivity contribution < 1.29 is 9.53 Å². The highest BCUT2D eigenvalue weighted by Gasteiger charge is 2.15. The lowest BCUT2D eigenvalue weighted by atomic mass is 10.1. The van der Waals surface area contributed by atoms with E-state index >= 15 is 0 Å². The lowest BCUT2D eigenvalue weighted by molar-refractivity contribution is -0.154. The number of aliphatic imine (C=N–C) groups is 1. The summed E-state index contributed by atoms with van der Waals surface area (Å²) < 4.78 is 7.24. The van der Waals surface area contributed by atoms with Crippen LogP contribution in [0, 0.1) is 0 Å². The molecule has 0 atom stereocenters. The molecule has 2 N–H and O–H groups in total. The summed E-state index contributed by atoms with van der Waals surface area (Å²) in [4.78, 5) is 16.2. The molecular weight excluding hydrogens is 469 g/mol. The number of carbonyl (C=O) groups is 1. The standard InChI is InChI=1S/C20H37N5O2.HI/c1-5-21-19(23-14-10-16-25-17-11-15-24-25)22-13-9-7-6-8-12-18(26)27-20(2,3)4;/h11,15,17H,5-10,12-14,16H2,1-4H3,(H2,21,22,23);1H. The topological polar surface area (TPSA) is 80.5 Å². The molecule has 1 rings (SSSR count). The summed E-state index contributed by atoms with van der Waals surface area (Å²) >= 11 is 0. The van der Waals surface area contributed by atoms with Gasteiger partial charge in [-0.15, -0.1) is 24.0 Å². The van der Waals surface area contributed by atoms with Gasteiger partial charge in [0, 0.05) is 45.0 Å². The second kappa shape index (κ2) is 15.6. The summed E-state index contributed by atoms with van der Waals surface area (Å²) in [6, 6.07) is 1.93. The van der Waals surface area contributed by atoms with E-state index in [1.165, 1.54) is 0 Å². The molecule has 0 spiro atoms. The Bertz CT molecular complexity index is 541. The summed E-state index contributed by atoms with van der Waals surface area (Å²) in [5, 5.41) is 10.8. The van der Waals surface area contributed by atoms with Crippen LogP contribution < -0.4 is 10.6 Å². The van der Waals surface area contributed by atoms with Gasteiger partial charge in [-0.2, -0.15) is 5.10 Å². The zero-order valence-corrected chi connectivity index (χ0v) is 20.2. The van der Waals surface area contributed by atoms with E-state index in [4.69, 9.17) is 4.74 Å². The van der Waals surface area contributed by atoms with Crippen LogP contribution in [0.5, 0.6) is 0 Å². The van der Waals surface area contributed by atoms with Crippen LogP contribution in [-0.4, -0.2) is 46.9 Å². The smallest absolute Gasteiger partial charge is 0.306 e. The number of ether oxygens (including phenoxy) is 1. The second-order valence-corrected chi connectivity index (χ2v) is 7.56. The van der Waals surface area contributed by atoms with Crippen molar-refractivity contribution in [2.24, 2.45) is 4.99 Å². The van der Waals surface area contributed by atoms with Gasteiger partial charge in [-0.1, -0.05) is 12.8 Å². The van der Waals surface area contributed by atoms with Gasteiger partial charge in [-0.05, 0) is 53.0 Å². The Morgan fingerprint density at radius 3 is 2.54 bits per heavy atom. The predicted octanol–water partition coefficient (Wildman–Crippen LogP) is 3.74. The van der Waals surface area contributed by atoms with Crippen LogP contribution in [0.25, 0.3) is 0 Å². The van der Waals surface area contributed by atoms with Crippen LogP contribution in [0.15, 0.2) is 23.5 Å². The second-order valence-electron chi connectivity index (χ2n) is 7.56. The lowest BCUT2D eigenvalue weighted by Crippen LogP contribution is -2.37. The first-order chi connectivity index (χ1) is 12.9. The minimum Gasteiger partial charge on any atom is -0.460 e. The summed E-state index contributed by atoms with van der Waals surface area (Å²) in [5.41, 5.74) is -0.387. The van der Waals surface area contributed by atoms with Crippen LogP contribution in [-0.2, 0) is 16.1 Å². The molecule has 0 radical (unpaired) electrons. The number of unbranched alkanes of at least 4 members (excludes halogenated alkanes) is 3. The average Bonchev–Trinajstić information content (AvgIpc) is 3.09. The number of nitrogens with zero attached hydrogens (tertiary/aromatic N) is 3. The summed E-state index contributed by atoms with van der Waals surface area (Å²) in [5.74, 6) is 0.768. The number of nitrogens with one attached hydrogen (secondary N) is 2. The third kappa shape index (κ3) is 14.7. The van der Waals surface area contributed by atoms with Crippen LogP contribution in [0.4, 0.5) is 0 Å². The normalized spacial score (nSPS) is 11.6. The van der Waals surface area contributed by atoms with Crippen LogP contribution >= 0.6 is 24.0 Å². The maximum Gasteiger partial charge on any atom is 0.306 e. The number of aromatic nitrogens is 2. The molecule has 1 heterocycles. The molecular formula is C20H38IN5O2. The van der Waals surface area contributed by atoms with Crippen LogP contribution in [0.2, 0.25) is 0 Å². The number of rotatable bonds is 12. The average molecular weight is 507 g/mol. The molecule has 0 aliphatic rings. The van der Waals surface area contributed by atoms with Gasteiger partial charge in [0.2, 0.25) is 0 Å². The zero-order valence-electron chi connectivity index (χ0n) is 17.9. The number of hydrogen-bond donors (Lipinski definition) is 2. The summed E-state index contributed by atoms with van der Waals surface area (Å²) in [7, 11) is 0. The molecule has 0 aliphatic carbocycles. The van der Waals surface area contributed by atoms with E-state index in [0.29, 0.717) is 6.42 Å². The van der Waals surface area contributed by atoms with Crippen LogP contribution in [0.1, 0.15) is 66.2 Å². The Kier molecular flexibility index (Phi) is 14.9. The van der Waals surface area contributed by atoms with Gasteiger partial charge in [0.05, 0.1) is 0 Å². The van der Waals surface area contributed by atoms with E-state index in [2.05, 4.69) is 27.6 Å². The molecule has 0 aromatic carbocycles. The Labute approximate surface area is 187 Å². The molecule has 0 saturated carbocycles. The fourth-order valence-electron chi connectivity index (χ4n) is 2.55. The maximum absolute atomic E-state index is 11.6. The minimum absolute atomic E-state index is 0. The first kappa shape index (κ1) is 26.7. The summed E-state index contributed by atoms with van der Waals surface area (Å²) in [6.45, 7) is 11.2. The molecule has 1 aromatic heterocycles. The molecule has 0 aliphatic heterocycles. The number of hydrogen-bond acceptors (Lipinski definition) is 4. The molecule has 0 fully saturated rings. The number of guanidine groups is 1. The monoisotopic (exact) mass is 507 g/mol. The predicted molar refractivity (Wildman–Crippen MR) is 125 cm³/mol. The number of esters is 1. The van der Waals surface area contributed by atoms with Crippen molar-refractivity contribution in [2.45, 2.75) is 78.4 Å². The van der Waals surface area contributed by atoms with E-state index in [1.54, 1.807) is 6.20 Å². The van der Waals surface area contributed by atoms with Gasteiger partial charge < -0.3 is 15.4 Å². The largest absolute Gasteiger partial charge is 0.460 e. The highest BCUT2D eigenvalue weighted by molar-refractivity contribution is 14.0. The third-order valence-corrected chi connectivity index (χ3v) is 3.74. The molecule has 7 nitrogen and oxygen atoms in total. The van der Waals surface area contributed by atoms with E-state index in [9.17, 15) is 4.79 Å². The maximum atomic E-state index is 11.6. The molecule has 28 heavy (non-hydrogen) atoms. The molecule has 0 amide bonds. The molecule has 0 saturated heterocycles. The molecule has 0 unspecified atom stereocenters. The fourth-order valence-corrected chi connectivity index (χ4v) is 2.55. The Morgan fingerprint density at radius 2 is 1.89 bits per heavy atom. The zero-order chi connectivity index (χ0) is 20.0. The van der Waals surface area contributed by atoms with Crippen molar-refractivity contribution in [1.29, 1.82) is 0 Å². The molecule has 8 heteroatoms. The van der Waals surface area contributed by atoms with Crippen molar-refractivity contribution in [2.75, 3.05) is 19.6 Å². The lowest BCUT2D eigenvalue weighted by Gasteiger charge is -2.19. The van der Waals surface area contributed by atoms with Crippen molar-refractivity contribution >= 4 is 35.9 Å². The van der Waals surface area contributed by atoms with Crippen molar-refractivity contribution in [3.05, 3.63) is 18.5 Å². The van der Waals surface area contributed by atoms with E-state index < -0.39 is 0 Å². The molecule has 0 bridgehead atoms. The molecule has 162 valence electrons. The van der Waals surface area contributed by atoms with Gasteiger partial charge in [-0.3, -0.25) is 14.5 Å². The van der Waals surface area contributed by atoms with Crippen molar-refractivity contribution in [1.82, 2.24) is 20.4 Å². The number of carbonyl (C=O) groups excluding carboxylic acids is 1. The van der Waals surface area contributed by atoms with E-state index in [0.717, 1.165) is 64.2 Å². The Hall–Kier alpha value is -1.32. The van der Waals surface area contributed by atoms with E-state index in [1.807, 2.05) is 37.7 Å². The minimum atomic E-state index is -0.387. The Morgan fingerprint density at radius 1 is 1.14 bits per heavy atom. The number of aryl methyl sites for hydroxylation is 1. The first-order valence-corrected chi connectivity index (χ1v) is 10.1. The van der Waals surface area contributed by atoms with Crippen LogP contribution in [0.3, 0.4) is 0 Å². The third-order valence-electron chi connectivity index (χ3n) is 3.74. The molecule has 1 aromatic rings. The van der Waals surface area contributed by atoms with Gasteiger partial charge in [0.15, 0.2) is 5.96 Å².